The zero-order chi connectivity index (χ0) is 16.9. The van der Waals surface area contributed by atoms with E-state index in [0.29, 0.717) is 18.0 Å². The molecule has 2 unspecified atom stereocenters. The third-order valence-corrected chi connectivity index (χ3v) is 5.51. The highest BCUT2D eigenvalue weighted by Crippen LogP contribution is 2.25. The van der Waals surface area contributed by atoms with E-state index in [0.717, 1.165) is 25.3 Å². The molecule has 4 heteroatoms. The number of carbonyl (C=O) groups excluding carboxylic acids is 1. The first-order chi connectivity index (χ1) is 11.6. The molecule has 0 bridgehead atoms. The molecular weight excluding hydrogens is 302 g/mol. The second-order valence-corrected chi connectivity index (χ2v) is 7.38. The van der Waals surface area contributed by atoms with E-state index in [1.165, 1.54) is 32.1 Å². The molecule has 24 heavy (non-hydrogen) atoms. The maximum atomic E-state index is 12.5. The Labute approximate surface area is 144 Å². The topological polar surface area (TPSA) is 49.8 Å². The Balaban J connectivity index is 1.51. The predicted octanol–water partition coefficient (Wildman–Crippen LogP) is 3.49. The molecule has 1 amide bonds. The number of hydrogen-bond donors (Lipinski definition) is 1. The summed E-state index contributed by atoms with van der Waals surface area (Å²) in [4.78, 5) is 14.4. The molecule has 1 N–H and O–H groups in total. The van der Waals surface area contributed by atoms with Crippen molar-refractivity contribution in [3.05, 3.63) is 29.8 Å². The van der Waals surface area contributed by atoms with Gasteiger partial charge in [0.05, 0.1) is 12.7 Å². The molecule has 132 valence electrons. The summed E-state index contributed by atoms with van der Waals surface area (Å²) in [5, 5.41) is 9.67. The standard InChI is InChI=1S/C20H29NO3/c1-15(22)18-11-12-21(13-18)20(23)17-7-9-19(10-8-17)24-14-16-5-3-2-4-6-16/h7-10,15-16,18,22H,2-6,11-14H2,1H3. The van der Waals surface area contributed by atoms with Gasteiger partial charge in [0, 0.05) is 24.6 Å². The van der Waals surface area contributed by atoms with Crippen LogP contribution >= 0.6 is 0 Å². The van der Waals surface area contributed by atoms with Crippen LogP contribution in [-0.2, 0) is 0 Å². The molecular formula is C20H29NO3. The lowest BCUT2D eigenvalue weighted by atomic mass is 9.90. The Kier molecular flexibility index (Phi) is 5.77. The lowest BCUT2D eigenvalue weighted by Crippen LogP contribution is -2.30. The third kappa shape index (κ3) is 4.29. The van der Waals surface area contributed by atoms with Crippen molar-refractivity contribution in [2.75, 3.05) is 19.7 Å². The molecule has 0 radical (unpaired) electrons. The van der Waals surface area contributed by atoms with E-state index in [-0.39, 0.29) is 17.9 Å². The molecule has 3 rings (SSSR count). The van der Waals surface area contributed by atoms with Crippen LogP contribution in [0, 0.1) is 11.8 Å². The molecule has 1 saturated heterocycles. The van der Waals surface area contributed by atoms with Crippen LogP contribution in [0.3, 0.4) is 0 Å². The molecule has 2 fully saturated rings. The van der Waals surface area contributed by atoms with E-state index in [2.05, 4.69) is 0 Å². The molecule has 1 heterocycles. The highest BCUT2D eigenvalue weighted by atomic mass is 16.5. The highest BCUT2D eigenvalue weighted by molar-refractivity contribution is 5.94. The number of aliphatic hydroxyl groups excluding tert-OH is 1. The smallest absolute Gasteiger partial charge is 0.253 e. The average molecular weight is 331 g/mol. The monoisotopic (exact) mass is 331 g/mol. The Bertz CT molecular complexity index is 534. The van der Waals surface area contributed by atoms with Crippen LogP contribution in [0.2, 0.25) is 0 Å². The maximum Gasteiger partial charge on any atom is 0.253 e. The summed E-state index contributed by atoms with van der Waals surface area (Å²) < 4.78 is 5.90. The van der Waals surface area contributed by atoms with E-state index in [4.69, 9.17) is 4.74 Å². The predicted molar refractivity (Wildman–Crippen MR) is 94.2 cm³/mol. The summed E-state index contributed by atoms with van der Waals surface area (Å²) in [5.41, 5.74) is 0.700. The fourth-order valence-corrected chi connectivity index (χ4v) is 3.81. The molecule has 1 saturated carbocycles. The van der Waals surface area contributed by atoms with Gasteiger partial charge in [-0.2, -0.15) is 0 Å². The van der Waals surface area contributed by atoms with Crippen LogP contribution in [0.1, 0.15) is 55.8 Å². The Hall–Kier alpha value is -1.55. The molecule has 1 aromatic rings. The Morgan fingerprint density at radius 1 is 1.21 bits per heavy atom. The summed E-state index contributed by atoms with van der Waals surface area (Å²) in [7, 11) is 0. The normalized spacial score (nSPS) is 23.2. The minimum atomic E-state index is -0.349. The van der Waals surface area contributed by atoms with Gasteiger partial charge in [-0.25, -0.2) is 0 Å². The maximum absolute atomic E-state index is 12.5. The average Bonchev–Trinajstić information content (AvgIpc) is 3.11. The summed E-state index contributed by atoms with van der Waals surface area (Å²) in [6.07, 6.45) is 7.09. The van der Waals surface area contributed by atoms with Crippen LogP contribution in [0.4, 0.5) is 0 Å². The van der Waals surface area contributed by atoms with Crippen LogP contribution in [0.5, 0.6) is 5.75 Å². The van der Waals surface area contributed by atoms with Gasteiger partial charge < -0.3 is 14.7 Å². The number of nitrogens with zero attached hydrogens (tertiary/aromatic N) is 1. The van der Waals surface area contributed by atoms with Crippen molar-refractivity contribution >= 4 is 5.91 Å². The van der Waals surface area contributed by atoms with Gasteiger partial charge in [0.25, 0.3) is 5.91 Å². The molecule has 1 aromatic carbocycles. The van der Waals surface area contributed by atoms with E-state index in [1.807, 2.05) is 29.2 Å². The second kappa shape index (κ2) is 8.02. The minimum Gasteiger partial charge on any atom is -0.493 e. The molecule has 0 aromatic heterocycles. The lowest BCUT2D eigenvalue weighted by Gasteiger charge is -2.21. The van der Waals surface area contributed by atoms with Crippen LogP contribution in [0.25, 0.3) is 0 Å². The highest BCUT2D eigenvalue weighted by Gasteiger charge is 2.29. The fourth-order valence-electron chi connectivity index (χ4n) is 3.81. The first kappa shape index (κ1) is 17.3. The van der Waals surface area contributed by atoms with Crippen LogP contribution in [0.15, 0.2) is 24.3 Å². The first-order valence-electron chi connectivity index (χ1n) is 9.33. The number of hydrogen-bond acceptors (Lipinski definition) is 3. The summed E-state index contributed by atoms with van der Waals surface area (Å²) in [6, 6.07) is 7.51. The van der Waals surface area contributed by atoms with Gasteiger partial charge in [-0.1, -0.05) is 19.3 Å². The van der Waals surface area contributed by atoms with Crippen molar-refractivity contribution in [2.45, 2.75) is 51.6 Å². The Morgan fingerprint density at radius 2 is 1.92 bits per heavy atom. The summed E-state index contributed by atoms with van der Waals surface area (Å²) in [6.45, 7) is 3.97. The van der Waals surface area contributed by atoms with Gasteiger partial charge in [0.15, 0.2) is 0 Å². The number of rotatable bonds is 5. The quantitative estimate of drug-likeness (QED) is 0.898. The van der Waals surface area contributed by atoms with Crippen molar-refractivity contribution in [3.63, 3.8) is 0 Å². The SMILES string of the molecule is CC(O)C1CCN(C(=O)c2ccc(OCC3CCCCC3)cc2)C1. The molecule has 0 spiro atoms. The van der Waals surface area contributed by atoms with E-state index in [9.17, 15) is 9.90 Å². The fraction of sp³-hybridized carbons (Fsp3) is 0.650. The number of benzene rings is 1. The van der Waals surface area contributed by atoms with E-state index in [1.54, 1.807) is 6.92 Å². The van der Waals surface area contributed by atoms with E-state index >= 15 is 0 Å². The first-order valence-corrected chi connectivity index (χ1v) is 9.33. The zero-order valence-corrected chi connectivity index (χ0v) is 14.6. The van der Waals surface area contributed by atoms with Crippen molar-refractivity contribution in [2.24, 2.45) is 11.8 Å². The van der Waals surface area contributed by atoms with Crippen molar-refractivity contribution in [3.8, 4) is 5.75 Å². The number of ether oxygens (including phenoxy) is 1. The van der Waals surface area contributed by atoms with Gasteiger partial charge in [-0.3, -0.25) is 4.79 Å². The second-order valence-electron chi connectivity index (χ2n) is 7.38. The van der Waals surface area contributed by atoms with Gasteiger partial charge in [0.1, 0.15) is 5.75 Å². The number of likely N-dealkylation sites (tertiary alicyclic amines) is 1. The largest absolute Gasteiger partial charge is 0.493 e. The lowest BCUT2D eigenvalue weighted by molar-refractivity contribution is 0.0762. The van der Waals surface area contributed by atoms with E-state index < -0.39 is 0 Å². The number of carbonyl (C=O) groups is 1. The molecule has 4 nitrogen and oxygen atoms in total. The molecule has 2 atom stereocenters. The third-order valence-electron chi connectivity index (χ3n) is 5.51. The van der Waals surface area contributed by atoms with Crippen molar-refractivity contribution in [1.29, 1.82) is 0 Å². The Morgan fingerprint density at radius 3 is 2.54 bits per heavy atom. The van der Waals surface area contributed by atoms with Gasteiger partial charge in [-0.05, 0) is 56.4 Å². The molecule has 2 aliphatic rings. The minimum absolute atomic E-state index is 0.0528. The number of aliphatic hydroxyl groups is 1. The zero-order valence-electron chi connectivity index (χ0n) is 14.6. The summed E-state index contributed by atoms with van der Waals surface area (Å²) in [5.74, 6) is 1.78. The van der Waals surface area contributed by atoms with Gasteiger partial charge in [0.2, 0.25) is 0 Å². The number of amides is 1. The van der Waals surface area contributed by atoms with Crippen molar-refractivity contribution in [1.82, 2.24) is 4.90 Å². The van der Waals surface area contributed by atoms with Crippen LogP contribution < -0.4 is 4.74 Å². The summed E-state index contributed by atoms with van der Waals surface area (Å²) >= 11 is 0. The molecule has 1 aliphatic carbocycles. The van der Waals surface area contributed by atoms with Crippen molar-refractivity contribution < 1.29 is 14.6 Å². The molecule has 1 aliphatic heterocycles. The van der Waals surface area contributed by atoms with Gasteiger partial charge >= 0.3 is 0 Å². The van der Waals surface area contributed by atoms with Crippen LogP contribution in [-0.4, -0.2) is 41.7 Å². The van der Waals surface area contributed by atoms with Gasteiger partial charge in [-0.15, -0.1) is 0 Å².